The smallest absolute Gasteiger partial charge is 0.255 e. The molecule has 1 aliphatic rings. The summed E-state index contributed by atoms with van der Waals surface area (Å²) >= 11 is 0. The Morgan fingerprint density at radius 3 is 2.33 bits per heavy atom. The molecule has 2 heterocycles. The minimum atomic E-state index is -0.591. The average molecular weight is 536 g/mol. The van der Waals surface area contributed by atoms with E-state index in [9.17, 15) is 9.59 Å². The van der Waals surface area contributed by atoms with Crippen LogP contribution in [0.2, 0.25) is 0 Å². The van der Waals surface area contributed by atoms with Crippen molar-refractivity contribution < 1.29 is 9.59 Å². The SMILES string of the molecule is CCC(C)C(C(=O)NCCC(C)C)N1C(=O)c2ccccc2C1c1c(-c2ccc(C)cc2)n(C)c2ccccc12. The Morgan fingerprint density at radius 2 is 1.62 bits per heavy atom. The molecule has 1 aromatic heterocycles. The lowest BCUT2D eigenvalue weighted by atomic mass is 9.90. The van der Waals surface area contributed by atoms with Crippen molar-refractivity contribution in [1.29, 1.82) is 0 Å². The minimum Gasteiger partial charge on any atom is -0.354 e. The molecule has 5 rings (SSSR count). The van der Waals surface area contributed by atoms with Crippen LogP contribution in [-0.2, 0) is 11.8 Å². The molecule has 0 aliphatic carbocycles. The predicted octanol–water partition coefficient (Wildman–Crippen LogP) is 7.28. The van der Waals surface area contributed by atoms with E-state index < -0.39 is 6.04 Å². The van der Waals surface area contributed by atoms with Gasteiger partial charge in [0.25, 0.3) is 5.91 Å². The lowest BCUT2D eigenvalue weighted by Crippen LogP contribution is -2.52. The third-order valence-electron chi connectivity index (χ3n) is 8.52. The Hall–Kier alpha value is -3.86. The van der Waals surface area contributed by atoms with E-state index in [1.165, 1.54) is 5.56 Å². The number of carbonyl (C=O) groups excluding carboxylic acids is 2. The molecule has 0 fully saturated rings. The Kier molecular flexibility index (Phi) is 7.84. The maximum absolute atomic E-state index is 14.3. The standard InChI is InChI=1S/C35H41N3O2/c1-7-24(5)31(34(39)36-21-20-22(2)3)38-33(26-12-8-9-13-27(26)35(38)40)30-28-14-10-11-15-29(28)37(6)32(30)25-18-16-23(4)17-19-25/h8-19,22,24,31,33H,7,20-21H2,1-6H3,(H,36,39). The van der Waals surface area contributed by atoms with Gasteiger partial charge in [0.1, 0.15) is 6.04 Å². The number of rotatable bonds is 9. The summed E-state index contributed by atoms with van der Waals surface area (Å²) in [6.07, 6.45) is 1.69. The summed E-state index contributed by atoms with van der Waals surface area (Å²) in [6.45, 7) is 11.2. The van der Waals surface area contributed by atoms with Crippen LogP contribution in [0.5, 0.6) is 0 Å². The number of carbonyl (C=O) groups is 2. The number of hydrogen-bond donors (Lipinski definition) is 1. The molecule has 3 atom stereocenters. The van der Waals surface area contributed by atoms with Gasteiger partial charge in [-0.3, -0.25) is 9.59 Å². The molecule has 5 heteroatoms. The first kappa shape index (κ1) is 27.7. The molecule has 2 amide bonds. The second-order valence-corrected chi connectivity index (χ2v) is 11.7. The fourth-order valence-electron chi connectivity index (χ4n) is 6.15. The molecule has 1 N–H and O–H groups in total. The molecule has 1 aliphatic heterocycles. The zero-order chi connectivity index (χ0) is 28.6. The van der Waals surface area contributed by atoms with Gasteiger partial charge in [0, 0.05) is 35.6 Å². The van der Waals surface area contributed by atoms with Gasteiger partial charge < -0.3 is 14.8 Å². The van der Waals surface area contributed by atoms with Gasteiger partial charge >= 0.3 is 0 Å². The molecule has 0 bridgehead atoms. The lowest BCUT2D eigenvalue weighted by molar-refractivity contribution is -0.127. The Morgan fingerprint density at radius 1 is 0.950 bits per heavy atom. The molecule has 0 saturated heterocycles. The zero-order valence-electron chi connectivity index (χ0n) is 24.6. The maximum atomic E-state index is 14.3. The van der Waals surface area contributed by atoms with E-state index in [2.05, 4.69) is 106 Å². The third-order valence-corrected chi connectivity index (χ3v) is 8.52. The summed E-state index contributed by atoms with van der Waals surface area (Å²) < 4.78 is 2.24. The molecule has 40 heavy (non-hydrogen) atoms. The van der Waals surface area contributed by atoms with Crippen molar-refractivity contribution in [3.63, 3.8) is 0 Å². The van der Waals surface area contributed by atoms with Crippen LogP contribution in [-0.4, -0.2) is 33.9 Å². The van der Waals surface area contributed by atoms with Crippen molar-refractivity contribution in [3.8, 4) is 11.3 Å². The van der Waals surface area contributed by atoms with Gasteiger partial charge in [-0.25, -0.2) is 0 Å². The molecular formula is C35H41N3O2. The number of nitrogens with one attached hydrogen (secondary N) is 1. The number of benzene rings is 3. The van der Waals surface area contributed by atoms with Crippen LogP contribution in [0.1, 0.15) is 73.6 Å². The Labute approximate surface area is 238 Å². The number of nitrogens with zero attached hydrogens (tertiary/aromatic N) is 2. The summed E-state index contributed by atoms with van der Waals surface area (Å²) in [7, 11) is 2.10. The highest BCUT2D eigenvalue weighted by Gasteiger charge is 2.47. The van der Waals surface area contributed by atoms with E-state index >= 15 is 0 Å². The highest BCUT2D eigenvalue weighted by molar-refractivity contribution is 6.04. The summed E-state index contributed by atoms with van der Waals surface area (Å²) in [5.41, 5.74) is 7.18. The predicted molar refractivity (Wildman–Crippen MR) is 163 cm³/mol. The first-order valence-electron chi connectivity index (χ1n) is 14.6. The maximum Gasteiger partial charge on any atom is 0.255 e. The van der Waals surface area contributed by atoms with E-state index in [1.54, 1.807) is 0 Å². The average Bonchev–Trinajstić information content (AvgIpc) is 3.40. The van der Waals surface area contributed by atoms with Gasteiger partial charge in [-0.05, 0) is 48.4 Å². The van der Waals surface area contributed by atoms with Crippen LogP contribution >= 0.6 is 0 Å². The highest BCUT2D eigenvalue weighted by Crippen LogP contribution is 2.48. The van der Waals surface area contributed by atoms with E-state index in [-0.39, 0.29) is 23.8 Å². The fourth-order valence-corrected chi connectivity index (χ4v) is 6.15. The van der Waals surface area contributed by atoms with Crippen LogP contribution < -0.4 is 5.32 Å². The van der Waals surface area contributed by atoms with Crippen molar-refractivity contribution in [2.45, 2.75) is 59.5 Å². The number of hydrogen-bond acceptors (Lipinski definition) is 2. The molecule has 3 aromatic carbocycles. The molecular weight excluding hydrogens is 494 g/mol. The quantitative estimate of drug-likeness (QED) is 0.245. The minimum absolute atomic E-state index is 0.0161. The third kappa shape index (κ3) is 4.83. The molecule has 4 aromatic rings. The highest BCUT2D eigenvalue weighted by atomic mass is 16.2. The monoisotopic (exact) mass is 535 g/mol. The first-order valence-corrected chi connectivity index (χ1v) is 14.6. The van der Waals surface area contributed by atoms with Crippen molar-refractivity contribution in [2.24, 2.45) is 18.9 Å². The Balaban J connectivity index is 1.75. The normalized spacial score (nSPS) is 16.4. The first-order chi connectivity index (χ1) is 19.2. The van der Waals surface area contributed by atoms with E-state index in [0.29, 0.717) is 18.0 Å². The molecule has 0 saturated carbocycles. The summed E-state index contributed by atoms with van der Waals surface area (Å²) in [6, 6.07) is 23.9. The van der Waals surface area contributed by atoms with Crippen LogP contribution in [0.3, 0.4) is 0 Å². The second kappa shape index (κ2) is 11.3. The van der Waals surface area contributed by atoms with Gasteiger partial charge in [-0.1, -0.05) is 100 Å². The molecule has 3 unspecified atom stereocenters. The topological polar surface area (TPSA) is 54.3 Å². The molecule has 0 radical (unpaired) electrons. The van der Waals surface area contributed by atoms with Gasteiger partial charge in [0.05, 0.1) is 11.7 Å². The number of para-hydroxylation sites is 1. The Bertz CT molecular complexity index is 1530. The van der Waals surface area contributed by atoms with Crippen LogP contribution in [0, 0.1) is 18.8 Å². The number of aryl methyl sites for hydroxylation is 2. The van der Waals surface area contributed by atoms with Gasteiger partial charge in [-0.15, -0.1) is 0 Å². The van der Waals surface area contributed by atoms with E-state index in [0.717, 1.165) is 46.1 Å². The largest absolute Gasteiger partial charge is 0.354 e. The fraction of sp³-hybridized carbons (Fsp3) is 0.371. The van der Waals surface area contributed by atoms with E-state index in [1.807, 2.05) is 23.1 Å². The molecule has 5 nitrogen and oxygen atoms in total. The number of amides is 2. The van der Waals surface area contributed by atoms with Crippen molar-refractivity contribution >= 4 is 22.7 Å². The van der Waals surface area contributed by atoms with Crippen molar-refractivity contribution in [1.82, 2.24) is 14.8 Å². The lowest BCUT2D eigenvalue weighted by Gasteiger charge is -2.36. The number of fused-ring (bicyclic) bond motifs is 2. The van der Waals surface area contributed by atoms with Crippen molar-refractivity contribution in [2.75, 3.05) is 6.54 Å². The summed E-state index contributed by atoms with van der Waals surface area (Å²) in [5, 5.41) is 4.28. The van der Waals surface area contributed by atoms with Crippen molar-refractivity contribution in [3.05, 3.63) is 95.1 Å². The van der Waals surface area contributed by atoms with Gasteiger partial charge in [-0.2, -0.15) is 0 Å². The van der Waals surface area contributed by atoms with E-state index in [4.69, 9.17) is 0 Å². The van der Waals surface area contributed by atoms with Crippen LogP contribution in [0.25, 0.3) is 22.2 Å². The zero-order valence-corrected chi connectivity index (χ0v) is 24.6. The molecule has 0 spiro atoms. The summed E-state index contributed by atoms with van der Waals surface area (Å²) in [4.78, 5) is 30.1. The van der Waals surface area contributed by atoms with Crippen LogP contribution in [0.4, 0.5) is 0 Å². The second-order valence-electron chi connectivity index (χ2n) is 11.7. The molecule has 208 valence electrons. The van der Waals surface area contributed by atoms with Crippen LogP contribution in [0.15, 0.2) is 72.8 Å². The van der Waals surface area contributed by atoms with Gasteiger partial charge in [0.2, 0.25) is 5.91 Å². The summed E-state index contributed by atoms with van der Waals surface area (Å²) in [5.74, 6) is 0.323. The van der Waals surface area contributed by atoms with Gasteiger partial charge in [0.15, 0.2) is 0 Å². The number of aromatic nitrogens is 1.